The Morgan fingerprint density at radius 2 is 1.55 bits per heavy atom. The van der Waals surface area contributed by atoms with E-state index < -0.39 is 0 Å². The van der Waals surface area contributed by atoms with E-state index in [2.05, 4.69) is 26.0 Å². The minimum atomic E-state index is 0.555. The Morgan fingerprint density at radius 1 is 0.850 bits per heavy atom. The van der Waals surface area contributed by atoms with E-state index in [1.165, 1.54) is 12.7 Å². The Bertz CT molecular complexity index is 763. The minimum absolute atomic E-state index is 0.555. The van der Waals surface area contributed by atoms with Crippen molar-refractivity contribution in [2.75, 3.05) is 0 Å². The summed E-state index contributed by atoms with van der Waals surface area (Å²) in [5.41, 5.74) is 3.62. The van der Waals surface area contributed by atoms with Gasteiger partial charge in [-0.05, 0) is 18.2 Å². The molecular weight excluding hydrogens is 250 g/mol. The van der Waals surface area contributed by atoms with Crippen LogP contribution in [0.5, 0.6) is 0 Å². The van der Waals surface area contributed by atoms with Gasteiger partial charge >= 0.3 is 0 Å². The van der Waals surface area contributed by atoms with Crippen LogP contribution in [0.25, 0.3) is 22.5 Å². The molecule has 0 spiro atoms. The van der Waals surface area contributed by atoms with Gasteiger partial charge in [0.05, 0.1) is 23.0 Å². The van der Waals surface area contributed by atoms with Crippen LogP contribution in [-0.2, 0) is 0 Å². The van der Waals surface area contributed by atoms with Crippen LogP contribution in [-0.4, -0.2) is 19.9 Å². The predicted octanol–water partition coefficient (Wildman–Crippen LogP) is 2.47. The zero-order chi connectivity index (χ0) is 13.8. The lowest BCUT2D eigenvalue weighted by Gasteiger charge is -2.09. The normalized spacial score (nSPS) is 9.95. The second-order valence-electron chi connectivity index (χ2n) is 4.03. The highest BCUT2D eigenvalue weighted by atomic mass is 14.8. The van der Waals surface area contributed by atoms with Crippen molar-refractivity contribution in [1.29, 1.82) is 5.26 Å². The van der Waals surface area contributed by atoms with Crippen LogP contribution in [0.15, 0.2) is 55.4 Å². The van der Waals surface area contributed by atoms with Gasteiger partial charge in [-0.15, -0.1) is 0 Å². The van der Waals surface area contributed by atoms with Crippen LogP contribution < -0.4 is 0 Å². The average Bonchev–Trinajstić information content (AvgIpc) is 2.55. The average molecular weight is 259 g/mol. The number of hydrogen-bond acceptors (Lipinski definition) is 5. The van der Waals surface area contributed by atoms with Gasteiger partial charge in [0.2, 0.25) is 0 Å². The zero-order valence-corrected chi connectivity index (χ0v) is 10.4. The summed E-state index contributed by atoms with van der Waals surface area (Å²) in [6, 6.07) is 11.3. The summed E-state index contributed by atoms with van der Waals surface area (Å²) in [6.45, 7) is 0. The van der Waals surface area contributed by atoms with Crippen molar-refractivity contribution in [3.8, 4) is 28.6 Å². The molecule has 0 unspecified atom stereocenters. The molecule has 0 aliphatic carbocycles. The third-order valence-corrected chi connectivity index (χ3v) is 2.88. The first kappa shape index (κ1) is 11.9. The first-order valence-corrected chi connectivity index (χ1v) is 5.96. The van der Waals surface area contributed by atoms with Gasteiger partial charge in [-0.1, -0.05) is 12.1 Å². The topological polar surface area (TPSA) is 75.3 Å². The Balaban J connectivity index is 2.30. The van der Waals surface area contributed by atoms with Crippen molar-refractivity contribution in [2.45, 2.75) is 0 Å². The molecule has 20 heavy (non-hydrogen) atoms. The summed E-state index contributed by atoms with van der Waals surface area (Å²) in [5, 5.41) is 9.32. The molecule has 3 aromatic rings. The van der Waals surface area contributed by atoms with Crippen molar-refractivity contribution in [2.24, 2.45) is 0 Å². The summed E-state index contributed by atoms with van der Waals surface area (Å²) in [5.74, 6) is 0. The Kier molecular flexibility index (Phi) is 3.13. The van der Waals surface area contributed by atoms with Gasteiger partial charge in [0, 0.05) is 23.5 Å². The van der Waals surface area contributed by atoms with Crippen LogP contribution >= 0.6 is 0 Å². The number of benzene rings is 1. The fourth-order valence-corrected chi connectivity index (χ4v) is 2.02. The highest BCUT2D eigenvalue weighted by Gasteiger charge is 2.13. The highest BCUT2D eigenvalue weighted by molar-refractivity contribution is 5.84. The first-order chi connectivity index (χ1) is 9.90. The lowest BCUT2D eigenvalue weighted by molar-refractivity contribution is 1.16. The van der Waals surface area contributed by atoms with Gasteiger partial charge < -0.3 is 0 Å². The van der Waals surface area contributed by atoms with Gasteiger partial charge in [-0.2, -0.15) is 5.26 Å². The Labute approximate surface area is 115 Å². The Hall–Kier alpha value is -3.13. The second kappa shape index (κ2) is 5.24. The maximum atomic E-state index is 9.32. The summed E-state index contributed by atoms with van der Waals surface area (Å²) in [4.78, 5) is 16.3. The summed E-state index contributed by atoms with van der Waals surface area (Å²) in [7, 11) is 0. The van der Waals surface area contributed by atoms with Gasteiger partial charge in [0.15, 0.2) is 0 Å². The first-order valence-electron chi connectivity index (χ1n) is 5.96. The zero-order valence-electron chi connectivity index (χ0n) is 10.4. The fourth-order valence-electron chi connectivity index (χ4n) is 2.02. The third kappa shape index (κ3) is 2.10. The molecule has 0 N–H and O–H groups in total. The molecule has 2 heterocycles. The fraction of sp³-hybridized carbons (Fsp3) is 0. The van der Waals surface area contributed by atoms with Crippen LogP contribution in [0.3, 0.4) is 0 Å². The molecule has 0 saturated heterocycles. The van der Waals surface area contributed by atoms with Crippen LogP contribution in [0.4, 0.5) is 0 Å². The standard InChI is InChI=1S/C15H9N5/c16-8-11-2-1-3-12(13-4-6-17-9-19-13)15(11)14-5-7-18-10-20-14/h1-7,9-10H. The van der Waals surface area contributed by atoms with Gasteiger partial charge in [0.1, 0.15) is 12.7 Å². The molecule has 0 radical (unpaired) electrons. The molecule has 1 aromatic carbocycles. The molecule has 3 rings (SSSR count). The number of nitrogens with zero attached hydrogens (tertiary/aromatic N) is 5. The molecule has 0 aliphatic heterocycles. The monoisotopic (exact) mass is 259 g/mol. The molecule has 5 nitrogen and oxygen atoms in total. The van der Waals surface area contributed by atoms with Crippen molar-refractivity contribution in [1.82, 2.24) is 19.9 Å². The van der Waals surface area contributed by atoms with Crippen molar-refractivity contribution in [3.05, 3.63) is 60.9 Å². The third-order valence-electron chi connectivity index (χ3n) is 2.88. The van der Waals surface area contributed by atoms with E-state index in [0.717, 1.165) is 16.8 Å². The van der Waals surface area contributed by atoms with Crippen molar-refractivity contribution in [3.63, 3.8) is 0 Å². The predicted molar refractivity (Wildman–Crippen MR) is 73.2 cm³/mol. The minimum Gasteiger partial charge on any atom is -0.245 e. The lowest BCUT2D eigenvalue weighted by atomic mass is 9.96. The number of hydrogen-bond donors (Lipinski definition) is 0. The van der Waals surface area contributed by atoms with E-state index in [9.17, 15) is 5.26 Å². The van der Waals surface area contributed by atoms with E-state index in [-0.39, 0.29) is 0 Å². The SMILES string of the molecule is N#Cc1cccc(-c2ccncn2)c1-c1ccncn1. The van der Waals surface area contributed by atoms with Crippen molar-refractivity contribution < 1.29 is 0 Å². The summed E-state index contributed by atoms with van der Waals surface area (Å²) in [6.07, 6.45) is 6.27. The molecule has 0 aliphatic rings. The molecule has 2 aromatic heterocycles. The number of aromatic nitrogens is 4. The van der Waals surface area contributed by atoms with E-state index in [1.54, 1.807) is 30.6 Å². The van der Waals surface area contributed by atoms with E-state index >= 15 is 0 Å². The maximum absolute atomic E-state index is 9.32. The number of nitriles is 1. The molecular formula is C15H9N5. The second-order valence-corrected chi connectivity index (χ2v) is 4.03. The molecule has 0 bridgehead atoms. The molecule has 0 amide bonds. The largest absolute Gasteiger partial charge is 0.245 e. The number of rotatable bonds is 2. The molecule has 0 atom stereocenters. The van der Waals surface area contributed by atoms with Gasteiger partial charge in [-0.3, -0.25) is 0 Å². The van der Waals surface area contributed by atoms with Crippen LogP contribution in [0.1, 0.15) is 5.56 Å². The van der Waals surface area contributed by atoms with E-state index in [1.807, 2.05) is 12.1 Å². The van der Waals surface area contributed by atoms with Crippen LogP contribution in [0, 0.1) is 11.3 Å². The highest BCUT2D eigenvalue weighted by Crippen LogP contribution is 2.32. The summed E-state index contributed by atoms with van der Waals surface area (Å²) < 4.78 is 0. The molecule has 5 heteroatoms. The van der Waals surface area contributed by atoms with Gasteiger partial charge in [-0.25, -0.2) is 19.9 Å². The molecule has 0 fully saturated rings. The molecule has 94 valence electrons. The van der Waals surface area contributed by atoms with E-state index in [4.69, 9.17) is 0 Å². The quantitative estimate of drug-likeness (QED) is 0.706. The smallest absolute Gasteiger partial charge is 0.116 e. The molecule has 0 saturated carbocycles. The van der Waals surface area contributed by atoms with Gasteiger partial charge in [0.25, 0.3) is 0 Å². The maximum Gasteiger partial charge on any atom is 0.116 e. The van der Waals surface area contributed by atoms with Crippen molar-refractivity contribution >= 4 is 0 Å². The lowest BCUT2D eigenvalue weighted by Crippen LogP contribution is -1.94. The summed E-state index contributed by atoms with van der Waals surface area (Å²) >= 11 is 0. The van der Waals surface area contributed by atoms with Crippen LogP contribution in [0.2, 0.25) is 0 Å². The van der Waals surface area contributed by atoms with E-state index in [0.29, 0.717) is 11.3 Å². The Morgan fingerprint density at radius 3 is 2.15 bits per heavy atom.